The minimum Gasteiger partial charge on any atom is -0.326 e. The minimum absolute atomic E-state index is 0.00530. The van der Waals surface area contributed by atoms with Gasteiger partial charge in [-0.3, -0.25) is 4.79 Å². The van der Waals surface area contributed by atoms with Gasteiger partial charge in [-0.1, -0.05) is 36.6 Å². The van der Waals surface area contributed by atoms with E-state index in [0.29, 0.717) is 0 Å². The van der Waals surface area contributed by atoms with E-state index >= 15 is 0 Å². The van der Waals surface area contributed by atoms with Crippen molar-refractivity contribution in [3.8, 4) is 11.1 Å². The van der Waals surface area contributed by atoms with Gasteiger partial charge in [0.05, 0.1) is 0 Å². The maximum absolute atomic E-state index is 11.9. The second-order valence-electron chi connectivity index (χ2n) is 5.43. The van der Waals surface area contributed by atoms with E-state index in [0.717, 1.165) is 41.1 Å². The second kappa shape index (κ2) is 5.84. The summed E-state index contributed by atoms with van der Waals surface area (Å²) in [5.41, 5.74) is 4.59. The van der Waals surface area contributed by atoms with Crippen LogP contribution in [-0.2, 0) is 12.8 Å². The van der Waals surface area contributed by atoms with Gasteiger partial charge in [0, 0.05) is 16.8 Å². The normalized spacial score (nSPS) is 15.2. The van der Waals surface area contributed by atoms with Crippen LogP contribution in [0, 0.1) is 0 Å². The summed E-state index contributed by atoms with van der Waals surface area (Å²) in [4.78, 5) is 15.0. The molecule has 0 atom stereocenters. The summed E-state index contributed by atoms with van der Waals surface area (Å²) < 4.78 is 0. The molecular formula is C17H18ClNO. The molecule has 0 unspecified atom stereocenters. The van der Waals surface area contributed by atoms with Gasteiger partial charge in [-0.05, 0) is 54.5 Å². The average Bonchev–Trinajstić information content (AvgIpc) is 2.41. The van der Waals surface area contributed by atoms with E-state index in [9.17, 15) is 4.79 Å². The lowest BCUT2D eigenvalue weighted by Crippen LogP contribution is -2.14. The summed E-state index contributed by atoms with van der Waals surface area (Å²) in [6.45, 7) is 0. The number of aromatic amines is 1. The second-order valence-corrected chi connectivity index (χ2v) is 5.86. The fourth-order valence-electron chi connectivity index (χ4n) is 2.98. The number of pyridine rings is 1. The van der Waals surface area contributed by atoms with Crippen molar-refractivity contribution in [2.24, 2.45) is 0 Å². The molecule has 20 heavy (non-hydrogen) atoms. The van der Waals surface area contributed by atoms with Crippen molar-refractivity contribution in [2.75, 3.05) is 0 Å². The number of rotatable bonds is 1. The first kappa shape index (κ1) is 13.4. The van der Waals surface area contributed by atoms with Gasteiger partial charge in [0.1, 0.15) is 0 Å². The molecule has 1 heterocycles. The van der Waals surface area contributed by atoms with Crippen LogP contribution >= 0.6 is 11.6 Å². The minimum atomic E-state index is -0.00530. The van der Waals surface area contributed by atoms with Crippen LogP contribution in [0.15, 0.2) is 35.1 Å². The van der Waals surface area contributed by atoms with Gasteiger partial charge in [-0.25, -0.2) is 0 Å². The van der Waals surface area contributed by atoms with Crippen molar-refractivity contribution in [3.05, 3.63) is 57.0 Å². The van der Waals surface area contributed by atoms with Crippen LogP contribution in [0.1, 0.15) is 36.9 Å². The first-order valence-electron chi connectivity index (χ1n) is 7.25. The van der Waals surface area contributed by atoms with E-state index < -0.39 is 0 Å². The van der Waals surface area contributed by atoms with Crippen molar-refractivity contribution < 1.29 is 0 Å². The van der Waals surface area contributed by atoms with E-state index in [2.05, 4.69) is 4.98 Å². The van der Waals surface area contributed by atoms with E-state index in [1.165, 1.54) is 24.8 Å². The van der Waals surface area contributed by atoms with Crippen LogP contribution in [0.2, 0.25) is 5.02 Å². The summed E-state index contributed by atoms with van der Waals surface area (Å²) in [6.07, 6.45) is 6.91. The van der Waals surface area contributed by atoms with Gasteiger partial charge in [0.25, 0.3) is 0 Å². The number of halogens is 1. The summed E-state index contributed by atoms with van der Waals surface area (Å²) in [6, 6.07) is 9.48. The number of benzene rings is 1. The number of fused-ring (bicyclic) bond motifs is 1. The van der Waals surface area contributed by atoms with Crippen LogP contribution < -0.4 is 5.56 Å². The van der Waals surface area contributed by atoms with Crippen LogP contribution in [0.4, 0.5) is 0 Å². The Morgan fingerprint density at radius 3 is 2.40 bits per heavy atom. The van der Waals surface area contributed by atoms with Crippen molar-refractivity contribution in [2.45, 2.75) is 38.5 Å². The molecule has 3 rings (SSSR count). The highest BCUT2D eigenvalue weighted by Crippen LogP contribution is 2.29. The molecule has 3 heteroatoms. The summed E-state index contributed by atoms with van der Waals surface area (Å²) in [7, 11) is 0. The SMILES string of the molecule is O=c1cc(-c2ccc(Cl)cc2)c2c([nH]1)CCCCCC2. The third kappa shape index (κ3) is 2.80. The van der Waals surface area contributed by atoms with Gasteiger partial charge in [0.15, 0.2) is 0 Å². The quantitative estimate of drug-likeness (QED) is 0.831. The lowest BCUT2D eigenvalue weighted by Gasteiger charge is -2.17. The summed E-state index contributed by atoms with van der Waals surface area (Å²) >= 11 is 5.95. The predicted molar refractivity (Wildman–Crippen MR) is 83.4 cm³/mol. The smallest absolute Gasteiger partial charge is 0.248 e. The van der Waals surface area contributed by atoms with E-state index in [1.54, 1.807) is 6.07 Å². The molecular weight excluding hydrogens is 270 g/mol. The molecule has 104 valence electrons. The molecule has 0 spiro atoms. The van der Waals surface area contributed by atoms with E-state index in [4.69, 9.17) is 11.6 Å². The van der Waals surface area contributed by atoms with E-state index in [1.807, 2.05) is 24.3 Å². The van der Waals surface area contributed by atoms with Crippen molar-refractivity contribution in [1.29, 1.82) is 0 Å². The molecule has 1 aliphatic rings. The maximum Gasteiger partial charge on any atom is 0.248 e. The topological polar surface area (TPSA) is 32.9 Å². The zero-order chi connectivity index (χ0) is 13.9. The van der Waals surface area contributed by atoms with Crippen LogP contribution in [-0.4, -0.2) is 4.98 Å². The molecule has 0 saturated carbocycles. The molecule has 0 saturated heterocycles. The molecule has 1 N–H and O–H groups in total. The number of hydrogen-bond acceptors (Lipinski definition) is 1. The number of aryl methyl sites for hydroxylation is 1. The molecule has 1 aromatic carbocycles. The lowest BCUT2D eigenvalue weighted by molar-refractivity contribution is 0.608. The molecule has 1 aromatic heterocycles. The van der Waals surface area contributed by atoms with Gasteiger partial charge in [0.2, 0.25) is 5.56 Å². The van der Waals surface area contributed by atoms with E-state index in [-0.39, 0.29) is 5.56 Å². The summed E-state index contributed by atoms with van der Waals surface area (Å²) in [5, 5.41) is 0.724. The first-order valence-corrected chi connectivity index (χ1v) is 7.63. The number of aromatic nitrogens is 1. The van der Waals surface area contributed by atoms with Gasteiger partial charge in [-0.15, -0.1) is 0 Å². The van der Waals surface area contributed by atoms with Crippen molar-refractivity contribution in [1.82, 2.24) is 4.98 Å². The molecule has 2 nitrogen and oxygen atoms in total. The Balaban J connectivity index is 2.13. The Morgan fingerprint density at radius 1 is 0.950 bits per heavy atom. The lowest BCUT2D eigenvalue weighted by atomic mass is 9.91. The van der Waals surface area contributed by atoms with Crippen LogP contribution in [0.5, 0.6) is 0 Å². The number of nitrogens with one attached hydrogen (secondary N) is 1. The monoisotopic (exact) mass is 287 g/mol. The van der Waals surface area contributed by atoms with Crippen molar-refractivity contribution in [3.63, 3.8) is 0 Å². The third-order valence-electron chi connectivity index (χ3n) is 4.00. The Bertz CT molecular complexity index is 658. The third-order valence-corrected chi connectivity index (χ3v) is 4.25. The zero-order valence-electron chi connectivity index (χ0n) is 11.4. The molecule has 1 aliphatic carbocycles. The molecule has 0 bridgehead atoms. The first-order chi connectivity index (χ1) is 9.74. The molecule has 0 radical (unpaired) electrons. The predicted octanol–water partition coefficient (Wildman–Crippen LogP) is 4.35. The fraction of sp³-hybridized carbons (Fsp3) is 0.353. The maximum atomic E-state index is 11.9. The average molecular weight is 288 g/mol. The highest BCUT2D eigenvalue weighted by Gasteiger charge is 2.14. The molecule has 2 aromatic rings. The Hall–Kier alpha value is -1.54. The highest BCUT2D eigenvalue weighted by atomic mass is 35.5. The highest BCUT2D eigenvalue weighted by molar-refractivity contribution is 6.30. The number of H-pyrrole nitrogens is 1. The molecule has 0 aliphatic heterocycles. The Labute approximate surface area is 123 Å². The van der Waals surface area contributed by atoms with Crippen LogP contribution in [0.3, 0.4) is 0 Å². The van der Waals surface area contributed by atoms with Gasteiger partial charge in [-0.2, -0.15) is 0 Å². The Morgan fingerprint density at radius 2 is 1.65 bits per heavy atom. The summed E-state index contributed by atoms with van der Waals surface area (Å²) in [5.74, 6) is 0. The zero-order valence-corrected chi connectivity index (χ0v) is 12.2. The van der Waals surface area contributed by atoms with Crippen LogP contribution in [0.25, 0.3) is 11.1 Å². The largest absolute Gasteiger partial charge is 0.326 e. The molecule has 0 amide bonds. The van der Waals surface area contributed by atoms with Gasteiger partial charge < -0.3 is 4.98 Å². The van der Waals surface area contributed by atoms with Crippen molar-refractivity contribution >= 4 is 11.6 Å². The number of hydrogen-bond donors (Lipinski definition) is 1. The fourth-order valence-corrected chi connectivity index (χ4v) is 3.11. The van der Waals surface area contributed by atoms with Gasteiger partial charge >= 0.3 is 0 Å². The Kier molecular flexibility index (Phi) is 3.93. The molecule has 0 fully saturated rings. The standard InChI is InChI=1S/C17H18ClNO/c18-13-9-7-12(8-10-13)15-11-17(20)19-16-6-4-2-1-3-5-14(15)16/h7-11H,1-6H2,(H,19,20).